The number of hydrogen-bond acceptors (Lipinski definition) is 7. The molecule has 3 aromatic carbocycles. The van der Waals surface area contributed by atoms with Crippen molar-refractivity contribution in [3.05, 3.63) is 102 Å². The van der Waals surface area contributed by atoms with Crippen molar-refractivity contribution in [1.29, 1.82) is 0 Å². The zero-order valence-electron chi connectivity index (χ0n) is 22.0. The molecule has 2 aliphatic heterocycles. The van der Waals surface area contributed by atoms with Crippen molar-refractivity contribution in [2.45, 2.75) is 30.0 Å². The summed E-state index contributed by atoms with van der Waals surface area (Å²) in [5.41, 5.74) is 3.87. The van der Waals surface area contributed by atoms with Gasteiger partial charge in [0.1, 0.15) is 11.0 Å². The van der Waals surface area contributed by atoms with E-state index >= 15 is 0 Å². The number of anilines is 2. The molecule has 208 valence electrons. The van der Waals surface area contributed by atoms with E-state index in [4.69, 9.17) is 4.74 Å². The van der Waals surface area contributed by atoms with Gasteiger partial charge < -0.3 is 15.0 Å². The van der Waals surface area contributed by atoms with Crippen molar-refractivity contribution in [2.75, 3.05) is 16.8 Å². The zero-order valence-corrected chi connectivity index (χ0v) is 25.2. The first kappa shape index (κ1) is 27.5. The molecule has 6 rings (SSSR count). The number of thioether (sulfide) groups is 1. The molecule has 1 aromatic heterocycles. The molecule has 0 radical (unpaired) electrons. The number of ether oxygens (including phenoxy) is 1. The number of nitrogens with zero attached hydrogens (tertiary/aromatic N) is 1. The Bertz CT molecular complexity index is 1730. The fourth-order valence-electron chi connectivity index (χ4n) is 5.17. The second kappa shape index (κ2) is 11.0. The van der Waals surface area contributed by atoms with Crippen molar-refractivity contribution >= 4 is 68.1 Å². The highest BCUT2D eigenvalue weighted by Gasteiger charge is 2.56. The summed E-state index contributed by atoms with van der Waals surface area (Å²) in [7, 11) is 0. The van der Waals surface area contributed by atoms with E-state index in [2.05, 4.69) is 26.2 Å². The standard InChI is InChI=1S/C30H24BrN3O5S2/c1-15-3-8-18(9-4-15)32-22(35)14-39-21-12-7-17(31)13-20(21)23-24-26(40-27-25(23)41-30(38)33-27)29(37)34(28(24)36)19-10-5-16(2)6-11-19/h3-13,23-24,26H,14H2,1-2H3,(H,32,35)(H,33,38)/t23-,24-,26+/m0/s1. The van der Waals surface area contributed by atoms with Crippen LogP contribution in [0.15, 0.2) is 81.0 Å². The van der Waals surface area contributed by atoms with E-state index < -0.39 is 17.1 Å². The van der Waals surface area contributed by atoms with E-state index in [0.29, 0.717) is 32.6 Å². The Morgan fingerprint density at radius 2 is 1.66 bits per heavy atom. The number of rotatable bonds is 6. The molecule has 0 aliphatic carbocycles. The number of carbonyl (C=O) groups excluding carboxylic acids is 3. The van der Waals surface area contributed by atoms with Gasteiger partial charge in [0.2, 0.25) is 11.8 Å². The highest BCUT2D eigenvalue weighted by Crippen LogP contribution is 2.54. The summed E-state index contributed by atoms with van der Waals surface area (Å²) in [5.74, 6) is -2.03. The summed E-state index contributed by atoms with van der Waals surface area (Å²) >= 11 is 5.76. The fraction of sp³-hybridized carbons (Fsp3) is 0.200. The van der Waals surface area contributed by atoms with Gasteiger partial charge in [-0.2, -0.15) is 0 Å². The first-order chi connectivity index (χ1) is 19.7. The molecule has 0 unspecified atom stereocenters. The number of thiazole rings is 1. The number of benzene rings is 3. The second-order valence-corrected chi connectivity index (χ2v) is 13.1. The van der Waals surface area contributed by atoms with Crippen molar-refractivity contribution in [3.8, 4) is 5.75 Å². The number of halogens is 1. The Kier molecular flexibility index (Phi) is 7.35. The lowest BCUT2D eigenvalue weighted by atomic mass is 9.82. The van der Waals surface area contributed by atoms with Crippen LogP contribution in [0.25, 0.3) is 0 Å². The third kappa shape index (κ3) is 5.25. The summed E-state index contributed by atoms with van der Waals surface area (Å²) in [4.78, 5) is 57.4. The molecule has 0 bridgehead atoms. The Balaban J connectivity index is 1.36. The van der Waals surface area contributed by atoms with Gasteiger partial charge in [-0.3, -0.25) is 19.2 Å². The van der Waals surface area contributed by atoms with Gasteiger partial charge in [-0.1, -0.05) is 74.4 Å². The van der Waals surface area contributed by atoms with Crippen LogP contribution in [0.5, 0.6) is 5.75 Å². The van der Waals surface area contributed by atoms with E-state index in [1.165, 1.54) is 16.7 Å². The predicted octanol–water partition coefficient (Wildman–Crippen LogP) is 5.63. The van der Waals surface area contributed by atoms with Gasteiger partial charge in [-0.25, -0.2) is 4.90 Å². The van der Waals surface area contributed by atoms with Crippen LogP contribution in [-0.2, 0) is 14.4 Å². The summed E-state index contributed by atoms with van der Waals surface area (Å²) < 4.78 is 6.76. The Labute approximate surface area is 252 Å². The third-order valence-corrected chi connectivity index (χ3v) is 10.0. The van der Waals surface area contributed by atoms with Crippen molar-refractivity contribution in [3.63, 3.8) is 0 Å². The molecule has 0 spiro atoms. The van der Waals surface area contributed by atoms with Crippen molar-refractivity contribution in [1.82, 2.24) is 4.98 Å². The van der Waals surface area contributed by atoms with Crippen LogP contribution in [0.4, 0.5) is 11.4 Å². The summed E-state index contributed by atoms with van der Waals surface area (Å²) in [6.45, 7) is 3.64. The molecule has 3 atom stereocenters. The minimum absolute atomic E-state index is 0.266. The molecule has 1 fully saturated rings. The lowest BCUT2D eigenvalue weighted by Crippen LogP contribution is -2.32. The van der Waals surface area contributed by atoms with Crippen LogP contribution in [-0.4, -0.2) is 34.6 Å². The average Bonchev–Trinajstić information content (AvgIpc) is 3.44. The number of hydrogen-bond donors (Lipinski definition) is 2. The van der Waals surface area contributed by atoms with Crippen LogP contribution in [0, 0.1) is 19.8 Å². The Morgan fingerprint density at radius 3 is 2.37 bits per heavy atom. The zero-order chi connectivity index (χ0) is 28.8. The van der Waals surface area contributed by atoms with Gasteiger partial charge >= 0.3 is 4.87 Å². The fourth-order valence-corrected chi connectivity index (χ4v) is 8.06. The quantitative estimate of drug-likeness (QED) is 0.262. The third-order valence-electron chi connectivity index (χ3n) is 7.12. The number of imide groups is 1. The number of fused-ring (bicyclic) bond motifs is 2. The summed E-state index contributed by atoms with van der Waals surface area (Å²) in [5, 5.41) is 2.66. The number of aromatic amines is 1. The van der Waals surface area contributed by atoms with Crippen LogP contribution < -0.4 is 19.8 Å². The normalized spacial score (nSPS) is 19.6. The van der Waals surface area contributed by atoms with Crippen LogP contribution in [0.3, 0.4) is 0 Å². The molecule has 4 aromatic rings. The first-order valence-electron chi connectivity index (χ1n) is 12.8. The topological polar surface area (TPSA) is 109 Å². The molecule has 8 nitrogen and oxygen atoms in total. The maximum Gasteiger partial charge on any atom is 0.305 e. The molecular formula is C30H24BrN3O5S2. The Morgan fingerprint density at radius 1 is 0.976 bits per heavy atom. The van der Waals surface area contributed by atoms with Crippen LogP contribution >= 0.6 is 39.0 Å². The maximum absolute atomic E-state index is 14.0. The molecule has 2 aliphatic rings. The van der Waals surface area contributed by atoms with E-state index in [0.717, 1.165) is 26.9 Å². The number of nitrogens with one attached hydrogen (secondary N) is 2. The average molecular weight is 651 g/mol. The molecule has 11 heteroatoms. The van der Waals surface area contributed by atoms with E-state index in [1.54, 1.807) is 24.3 Å². The molecule has 2 N–H and O–H groups in total. The predicted molar refractivity (Wildman–Crippen MR) is 163 cm³/mol. The number of aromatic nitrogens is 1. The summed E-state index contributed by atoms with van der Waals surface area (Å²) in [6.07, 6.45) is 0. The van der Waals surface area contributed by atoms with Crippen LogP contribution in [0.1, 0.15) is 27.5 Å². The number of carbonyl (C=O) groups is 3. The van der Waals surface area contributed by atoms with Gasteiger partial charge in [0, 0.05) is 26.5 Å². The molecule has 41 heavy (non-hydrogen) atoms. The van der Waals surface area contributed by atoms with E-state index in [-0.39, 0.29) is 29.2 Å². The number of aryl methyl sites for hydroxylation is 2. The molecule has 3 heterocycles. The molecule has 1 saturated heterocycles. The molecular weight excluding hydrogens is 626 g/mol. The largest absolute Gasteiger partial charge is 0.483 e. The van der Waals surface area contributed by atoms with Gasteiger partial charge in [-0.05, 0) is 56.3 Å². The monoisotopic (exact) mass is 649 g/mol. The Hall–Kier alpha value is -3.67. The van der Waals surface area contributed by atoms with Gasteiger partial charge in [0.15, 0.2) is 6.61 Å². The van der Waals surface area contributed by atoms with Crippen molar-refractivity contribution in [2.24, 2.45) is 5.92 Å². The van der Waals surface area contributed by atoms with E-state index in [1.807, 2.05) is 56.3 Å². The molecule has 0 saturated carbocycles. The minimum atomic E-state index is -0.772. The first-order valence-corrected chi connectivity index (χ1v) is 15.3. The minimum Gasteiger partial charge on any atom is -0.483 e. The highest BCUT2D eigenvalue weighted by atomic mass is 79.9. The van der Waals surface area contributed by atoms with Gasteiger partial charge in [0.25, 0.3) is 5.91 Å². The number of H-pyrrole nitrogens is 1. The lowest BCUT2D eigenvalue weighted by Gasteiger charge is -2.31. The van der Waals surface area contributed by atoms with Crippen molar-refractivity contribution < 1.29 is 19.1 Å². The smallest absolute Gasteiger partial charge is 0.305 e. The van der Waals surface area contributed by atoms with E-state index in [9.17, 15) is 19.2 Å². The highest BCUT2D eigenvalue weighted by molar-refractivity contribution is 9.10. The van der Waals surface area contributed by atoms with Gasteiger partial charge in [-0.15, -0.1) is 0 Å². The molecule has 3 amide bonds. The maximum atomic E-state index is 14.0. The lowest BCUT2D eigenvalue weighted by molar-refractivity contribution is -0.122. The second-order valence-electron chi connectivity index (χ2n) is 9.98. The SMILES string of the molecule is Cc1ccc(NC(=O)COc2ccc(Br)cc2[C@@H]2c3sc(=O)[nH]c3S[C@H]3C(=O)N(c4ccc(C)cc4)C(=O)[C@@H]23)cc1. The summed E-state index contributed by atoms with van der Waals surface area (Å²) in [6, 6.07) is 20.0. The number of amides is 3. The van der Waals surface area contributed by atoms with Gasteiger partial charge in [0.05, 0.1) is 16.6 Å². The van der Waals surface area contributed by atoms with Crippen LogP contribution in [0.2, 0.25) is 0 Å².